The van der Waals surface area contributed by atoms with E-state index in [2.05, 4.69) is 27.8 Å². The highest BCUT2D eigenvalue weighted by molar-refractivity contribution is 7.71. The number of fused-ring (bicyclic) bond motifs is 1. The number of hydrogen-bond donors (Lipinski definition) is 0. The lowest BCUT2D eigenvalue weighted by Crippen LogP contribution is -2.35. The largest absolute Gasteiger partial charge is 0.385 e. The zero-order chi connectivity index (χ0) is 20.4. The van der Waals surface area contributed by atoms with Gasteiger partial charge in [-0.3, -0.25) is 9.47 Å². The molecule has 154 valence electrons. The van der Waals surface area contributed by atoms with Gasteiger partial charge < -0.3 is 4.74 Å². The first-order valence-electron chi connectivity index (χ1n) is 9.82. The summed E-state index contributed by atoms with van der Waals surface area (Å²) in [4.78, 5) is 3.94. The van der Waals surface area contributed by atoms with Gasteiger partial charge in [0, 0.05) is 43.3 Å². The smallest absolute Gasteiger partial charge is 0.199 e. The Morgan fingerprint density at radius 3 is 2.93 bits per heavy atom. The molecule has 4 rings (SSSR count). The third-order valence-electron chi connectivity index (χ3n) is 5.49. The Labute approximate surface area is 185 Å². The van der Waals surface area contributed by atoms with E-state index >= 15 is 0 Å². The summed E-state index contributed by atoms with van der Waals surface area (Å²) < 4.78 is 9.98. The van der Waals surface area contributed by atoms with E-state index < -0.39 is 0 Å². The van der Waals surface area contributed by atoms with E-state index in [0.29, 0.717) is 24.3 Å². The van der Waals surface area contributed by atoms with Crippen molar-refractivity contribution in [1.82, 2.24) is 19.2 Å². The quantitative estimate of drug-likeness (QED) is 0.357. The molecule has 0 saturated carbocycles. The van der Waals surface area contributed by atoms with Gasteiger partial charge in [0.1, 0.15) is 0 Å². The van der Waals surface area contributed by atoms with Crippen LogP contribution in [-0.4, -0.2) is 39.5 Å². The van der Waals surface area contributed by atoms with Gasteiger partial charge in [-0.2, -0.15) is 5.10 Å². The lowest BCUT2D eigenvalue weighted by molar-refractivity contribution is 0.144. The van der Waals surface area contributed by atoms with Crippen LogP contribution in [0.25, 0.3) is 11.4 Å². The van der Waals surface area contributed by atoms with Crippen LogP contribution in [0.4, 0.5) is 0 Å². The average Bonchev–Trinajstić information content (AvgIpc) is 3.31. The monoisotopic (exact) mass is 448 g/mol. The number of rotatable bonds is 7. The first-order valence-corrected chi connectivity index (χ1v) is 11.5. The zero-order valence-electron chi connectivity index (χ0n) is 16.7. The summed E-state index contributed by atoms with van der Waals surface area (Å²) in [6, 6.07) is 10.4. The fourth-order valence-electron chi connectivity index (χ4n) is 3.87. The Morgan fingerprint density at radius 2 is 2.14 bits per heavy atom. The minimum absolute atomic E-state index is 0.356. The van der Waals surface area contributed by atoms with Gasteiger partial charge >= 0.3 is 0 Å². The predicted molar refractivity (Wildman–Crippen MR) is 121 cm³/mol. The van der Waals surface area contributed by atoms with E-state index in [-0.39, 0.29) is 0 Å². The summed E-state index contributed by atoms with van der Waals surface area (Å²) >= 11 is 14.2. The molecular weight excluding hydrogens is 424 g/mol. The van der Waals surface area contributed by atoms with Crippen LogP contribution in [0.15, 0.2) is 35.7 Å². The first-order chi connectivity index (χ1) is 14.1. The second-order valence-electron chi connectivity index (χ2n) is 7.26. The second-order valence-corrected chi connectivity index (χ2v) is 9.04. The Morgan fingerprint density at radius 1 is 1.31 bits per heavy atom. The Kier molecular flexibility index (Phi) is 6.51. The van der Waals surface area contributed by atoms with Gasteiger partial charge in [-0.05, 0) is 61.1 Å². The van der Waals surface area contributed by atoms with Gasteiger partial charge in [-0.1, -0.05) is 23.7 Å². The van der Waals surface area contributed by atoms with E-state index in [9.17, 15) is 0 Å². The van der Waals surface area contributed by atoms with Gasteiger partial charge in [-0.25, -0.2) is 4.68 Å². The van der Waals surface area contributed by atoms with Crippen molar-refractivity contribution in [2.45, 2.75) is 39.0 Å². The molecule has 0 N–H and O–H groups in total. The minimum Gasteiger partial charge on any atom is -0.385 e. The molecule has 0 aliphatic carbocycles. The molecule has 0 radical (unpaired) electrons. The number of aromatic nitrogens is 3. The van der Waals surface area contributed by atoms with E-state index in [1.54, 1.807) is 7.11 Å². The number of thiophene rings is 1. The molecule has 3 aromatic rings. The van der Waals surface area contributed by atoms with Gasteiger partial charge in [0.15, 0.2) is 10.6 Å². The number of methoxy groups -OCH3 is 1. The summed E-state index contributed by atoms with van der Waals surface area (Å²) in [5, 5.41) is 7.78. The molecule has 29 heavy (non-hydrogen) atoms. The molecule has 2 aromatic heterocycles. The van der Waals surface area contributed by atoms with Crippen LogP contribution in [0.2, 0.25) is 5.02 Å². The summed E-state index contributed by atoms with van der Waals surface area (Å²) in [7, 11) is 1.72. The molecule has 5 nitrogen and oxygen atoms in total. The summed E-state index contributed by atoms with van der Waals surface area (Å²) in [5.41, 5.74) is 2.34. The fraction of sp³-hybridized carbons (Fsp3) is 0.429. The van der Waals surface area contributed by atoms with Crippen molar-refractivity contribution in [1.29, 1.82) is 0 Å². The summed E-state index contributed by atoms with van der Waals surface area (Å²) in [6.07, 6.45) is 1.95. The van der Waals surface area contributed by atoms with Crippen molar-refractivity contribution in [3.63, 3.8) is 0 Å². The lowest BCUT2D eigenvalue weighted by Gasteiger charge is -2.33. The lowest BCUT2D eigenvalue weighted by atomic mass is 10.0. The number of ether oxygens (including phenoxy) is 1. The Hall–Kier alpha value is -1.51. The molecule has 1 aliphatic heterocycles. The van der Waals surface area contributed by atoms with E-state index in [4.69, 9.17) is 33.7 Å². The van der Waals surface area contributed by atoms with Crippen molar-refractivity contribution in [3.05, 3.63) is 55.9 Å². The molecule has 1 atom stereocenters. The molecule has 1 aliphatic rings. The average molecular weight is 449 g/mol. The molecule has 3 heterocycles. The van der Waals surface area contributed by atoms with Crippen LogP contribution in [0.1, 0.15) is 29.8 Å². The standard InChI is InChI=1S/C21H25ClN4OS2/c1-15-16-9-13-29-19(16)8-11-24(15)14-26-21(28)25(10-5-12-27-2)20(23-26)17-6-3-4-7-18(17)22/h3-4,6-7,9,13,15H,5,8,10-12,14H2,1-2H3/t15-/m0/s1. The van der Waals surface area contributed by atoms with E-state index in [1.807, 2.05) is 40.3 Å². The highest BCUT2D eigenvalue weighted by Crippen LogP contribution is 2.33. The van der Waals surface area contributed by atoms with Crippen LogP contribution in [0.5, 0.6) is 0 Å². The third kappa shape index (κ3) is 4.20. The molecule has 0 saturated heterocycles. The van der Waals surface area contributed by atoms with E-state index in [1.165, 1.54) is 10.4 Å². The maximum atomic E-state index is 6.48. The van der Waals surface area contributed by atoms with E-state index in [0.717, 1.165) is 42.1 Å². The van der Waals surface area contributed by atoms with Gasteiger partial charge in [0.05, 0.1) is 11.7 Å². The van der Waals surface area contributed by atoms with Crippen molar-refractivity contribution < 1.29 is 4.74 Å². The summed E-state index contributed by atoms with van der Waals surface area (Å²) in [5.74, 6) is 0.817. The highest BCUT2D eigenvalue weighted by Gasteiger charge is 2.26. The first kappa shape index (κ1) is 20.8. The molecule has 8 heteroatoms. The molecule has 0 amide bonds. The van der Waals surface area contributed by atoms with Crippen molar-refractivity contribution in [2.24, 2.45) is 0 Å². The van der Waals surface area contributed by atoms with Crippen LogP contribution >= 0.6 is 35.2 Å². The summed E-state index contributed by atoms with van der Waals surface area (Å²) in [6.45, 7) is 5.37. The minimum atomic E-state index is 0.356. The van der Waals surface area contributed by atoms with Crippen LogP contribution in [0, 0.1) is 4.77 Å². The molecular formula is C21H25ClN4OS2. The zero-order valence-corrected chi connectivity index (χ0v) is 19.1. The van der Waals surface area contributed by atoms with Crippen molar-refractivity contribution in [3.8, 4) is 11.4 Å². The highest BCUT2D eigenvalue weighted by atomic mass is 35.5. The maximum Gasteiger partial charge on any atom is 0.199 e. The predicted octanol–water partition coefficient (Wildman–Crippen LogP) is 5.41. The van der Waals surface area contributed by atoms with Crippen molar-refractivity contribution in [2.75, 3.05) is 20.3 Å². The number of nitrogens with zero attached hydrogens (tertiary/aromatic N) is 4. The third-order valence-corrected chi connectivity index (χ3v) is 7.24. The molecule has 0 spiro atoms. The molecule has 0 unspecified atom stereocenters. The number of hydrogen-bond acceptors (Lipinski definition) is 5. The molecule has 0 bridgehead atoms. The molecule has 0 fully saturated rings. The Bertz CT molecular complexity index is 1040. The number of halogens is 1. The van der Waals surface area contributed by atoms with Gasteiger partial charge in [-0.15, -0.1) is 11.3 Å². The van der Waals surface area contributed by atoms with Crippen molar-refractivity contribution >= 4 is 35.2 Å². The Balaban J connectivity index is 1.66. The second kappa shape index (κ2) is 9.10. The van der Waals surface area contributed by atoms with Gasteiger partial charge in [0.2, 0.25) is 0 Å². The number of benzene rings is 1. The normalized spacial score (nSPS) is 16.9. The van der Waals surface area contributed by atoms with Crippen LogP contribution in [0.3, 0.4) is 0 Å². The fourth-order valence-corrected chi connectivity index (χ4v) is 5.33. The van der Waals surface area contributed by atoms with Crippen LogP contribution in [-0.2, 0) is 24.4 Å². The maximum absolute atomic E-state index is 6.48. The molecule has 1 aromatic carbocycles. The topological polar surface area (TPSA) is 35.2 Å². The van der Waals surface area contributed by atoms with Crippen LogP contribution < -0.4 is 0 Å². The SMILES string of the molecule is COCCCn1c(-c2ccccc2Cl)nn(CN2CCc3sccc3[C@@H]2C)c1=S. The van der Waals surface area contributed by atoms with Gasteiger partial charge in [0.25, 0.3) is 0 Å².